The first-order valence-corrected chi connectivity index (χ1v) is 9.49. The number of aryl methyl sites for hydroxylation is 1. The van der Waals surface area contributed by atoms with E-state index >= 15 is 0 Å². The van der Waals surface area contributed by atoms with Gasteiger partial charge < -0.3 is 9.80 Å². The molecule has 3 heterocycles. The minimum Gasteiger partial charge on any atom is -0.368 e. The van der Waals surface area contributed by atoms with E-state index in [1.54, 1.807) is 16.5 Å². The fraction of sp³-hybridized carbons (Fsp3) is 0.316. The standard InChI is InChI=1S/C19H20N4O2S/c1-13-4-3-5-16(14(13)2)21-6-8-22(9-7-21)17(24)15-12-20-19-23(18(15)25)10-11-26-19/h3-5,10-12H,6-9H2,1-2H3. The summed E-state index contributed by atoms with van der Waals surface area (Å²) < 4.78 is 1.43. The molecular formula is C19H20N4O2S. The molecule has 3 aromatic rings. The molecule has 1 saturated heterocycles. The lowest BCUT2D eigenvalue weighted by Gasteiger charge is -2.37. The summed E-state index contributed by atoms with van der Waals surface area (Å²) in [4.78, 5) is 34.2. The number of carbonyl (C=O) groups excluding carboxylic acids is 1. The molecule has 1 aliphatic heterocycles. The quantitative estimate of drug-likeness (QED) is 0.697. The fourth-order valence-corrected chi connectivity index (χ4v) is 4.05. The molecule has 0 saturated carbocycles. The lowest BCUT2D eigenvalue weighted by molar-refractivity contribution is 0.0744. The Morgan fingerprint density at radius 3 is 2.69 bits per heavy atom. The number of fused-ring (bicyclic) bond motifs is 1. The number of nitrogens with zero attached hydrogens (tertiary/aromatic N) is 4. The van der Waals surface area contributed by atoms with Crippen LogP contribution >= 0.6 is 11.3 Å². The van der Waals surface area contributed by atoms with Crippen molar-refractivity contribution < 1.29 is 4.79 Å². The van der Waals surface area contributed by atoms with Crippen molar-refractivity contribution in [2.24, 2.45) is 0 Å². The molecule has 6 nitrogen and oxygen atoms in total. The SMILES string of the molecule is Cc1cccc(N2CCN(C(=O)c3cnc4sccn4c3=O)CC2)c1C. The minimum atomic E-state index is -0.293. The number of thiazole rings is 1. The average Bonchev–Trinajstić information content (AvgIpc) is 3.14. The summed E-state index contributed by atoms with van der Waals surface area (Å²) in [5, 5.41) is 1.79. The van der Waals surface area contributed by atoms with Gasteiger partial charge in [0.25, 0.3) is 11.5 Å². The molecular weight excluding hydrogens is 348 g/mol. The van der Waals surface area contributed by atoms with Gasteiger partial charge in [0.05, 0.1) is 0 Å². The van der Waals surface area contributed by atoms with Gasteiger partial charge in [-0.2, -0.15) is 0 Å². The number of rotatable bonds is 2. The van der Waals surface area contributed by atoms with Crippen molar-refractivity contribution in [1.29, 1.82) is 0 Å². The smallest absolute Gasteiger partial charge is 0.271 e. The molecule has 0 aliphatic carbocycles. The maximum atomic E-state index is 12.8. The van der Waals surface area contributed by atoms with Crippen LogP contribution in [0.25, 0.3) is 4.96 Å². The Bertz CT molecular complexity index is 1030. The van der Waals surface area contributed by atoms with E-state index in [2.05, 4.69) is 41.9 Å². The number of anilines is 1. The van der Waals surface area contributed by atoms with Crippen molar-refractivity contribution >= 4 is 27.9 Å². The summed E-state index contributed by atoms with van der Waals surface area (Å²) in [5.41, 5.74) is 3.61. The third-order valence-corrected chi connectivity index (χ3v) is 5.83. The van der Waals surface area contributed by atoms with Crippen LogP contribution in [0.2, 0.25) is 0 Å². The molecule has 0 spiro atoms. The monoisotopic (exact) mass is 368 g/mol. The Balaban J connectivity index is 1.52. The number of benzene rings is 1. The Morgan fingerprint density at radius 2 is 1.92 bits per heavy atom. The topological polar surface area (TPSA) is 57.9 Å². The highest BCUT2D eigenvalue weighted by Crippen LogP contribution is 2.24. The molecule has 1 fully saturated rings. The van der Waals surface area contributed by atoms with Crippen molar-refractivity contribution in [3.05, 3.63) is 63.0 Å². The predicted octanol–water partition coefficient (Wildman–Crippen LogP) is 2.34. The van der Waals surface area contributed by atoms with E-state index in [0.29, 0.717) is 18.1 Å². The van der Waals surface area contributed by atoms with Crippen LogP contribution in [0.15, 0.2) is 40.8 Å². The highest BCUT2D eigenvalue weighted by molar-refractivity contribution is 7.15. The normalized spacial score (nSPS) is 14.8. The molecule has 1 amide bonds. The second kappa shape index (κ2) is 6.57. The van der Waals surface area contributed by atoms with Crippen LogP contribution in [0.1, 0.15) is 21.5 Å². The molecule has 0 N–H and O–H groups in total. The van der Waals surface area contributed by atoms with E-state index in [1.165, 1.54) is 38.7 Å². The lowest BCUT2D eigenvalue weighted by Crippen LogP contribution is -2.50. The van der Waals surface area contributed by atoms with Crippen molar-refractivity contribution in [2.75, 3.05) is 31.1 Å². The van der Waals surface area contributed by atoms with Gasteiger partial charge in [0.2, 0.25) is 0 Å². The largest absolute Gasteiger partial charge is 0.368 e. The van der Waals surface area contributed by atoms with Crippen molar-refractivity contribution in [2.45, 2.75) is 13.8 Å². The summed E-state index contributed by atoms with van der Waals surface area (Å²) in [6, 6.07) is 6.30. The maximum absolute atomic E-state index is 12.8. The van der Waals surface area contributed by atoms with Crippen LogP contribution in [-0.4, -0.2) is 46.4 Å². The number of carbonyl (C=O) groups is 1. The summed E-state index contributed by atoms with van der Waals surface area (Å²) in [6.07, 6.45) is 3.07. The summed E-state index contributed by atoms with van der Waals surface area (Å²) >= 11 is 1.38. The Kier molecular flexibility index (Phi) is 4.24. The van der Waals surface area contributed by atoms with E-state index in [-0.39, 0.29) is 17.0 Å². The summed E-state index contributed by atoms with van der Waals surface area (Å²) in [7, 11) is 0. The molecule has 7 heteroatoms. The number of aromatic nitrogens is 2. The van der Waals surface area contributed by atoms with Crippen LogP contribution in [0, 0.1) is 13.8 Å². The van der Waals surface area contributed by atoms with Crippen LogP contribution in [0.3, 0.4) is 0 Å². The second-order valence-electron chi connectivity index (χ2n) is 6.53. The fourth-order valence-electron chi connectivity index (χ4n) is 3.37. The van der Waals surface area contributed by atoms with Gasteiger partial charge in [-0.15, -0.1) is 11.3 Å². The molecule has 2 aromatic heterocycles. The van der Waals surface area contributed by atoms with E-state index in [4.69, 9.17) is 0 Å². The second-order valence-corrected chi connectivity index (χ2v) is 7.40. The van der Waals surface area contributed by atoms with Crippen molar-refractivity contribution in [1.82, 2.24) is 14.3 Å². The van der Waals surface area contributed by atoms with Gasteiger partial charge in [0.1, 0.15) is 5.56 Å². The van der Waals surface area contributed by atoms with Gasteiger partial charge in [0.15, 0.2) is 4.96 Å². The predicted molar refractivity (Wildman–Crippen MR) is 103 cm³/mol. The maximum Gasteiger partial charge on any atom is 0.271 e. The van der Waals surface area contributed by atoms with Crippen molar-refractivity contribution in [3.63, 3.8) is 0 Å². The average molecular weight is 368 g/mol. The molecule has 134 valence electrons. The van der Waals surface area contributed by atoms with Gasteiger partial charge in [-0.05, 0) is 31.0 Å². The molecule has 0 unspecified atom stereocenters. The number of piperazine rings is 1. The van der Waals surface area contributed by atoms with E-state index in [0.717, 1.165) is 13.1 Å². The van der Waals surface area contributed by atoms with Crippen LogP contribution in [0.4, 0.5) is 5.69 Å². The number of amides is 1. The van der Waals surface area contributed by atoms with E-state index in [1.807, 2.05) is 0 Å². The Labute approximate surface area is 155 Å². The minimum absolute atomic E-state index is 0.140. The van der Waals surface area contributed by atoms with E-state index in [9.17, 15) is 9.59 Å². The van der Waals surface area contributed by atoms with Gasteiger partial charge in [-0.3, -0.25) is 14.0 Å². The lowest BCUT2D eigenvalue weighted by atomic mass is 10.1. The van der Waals surface area contributed by atoms with Gasteiger partial charge in [0, 0.05) is 49.6 Å². The first kappa shape index (κ1) is 16.8. The van der Waals surface area contributed by atoms with Gasteiger partial charge in [-0.1, -0.05) is 12.1 Å². The van der Waals surface area contributed by atoms with Gasteiger partial charge in [-0.25, -0.2) is 4.98 Å². The third kappa shape index (κ3) is 2.78. The molecule has 1 aliphatic rings. The molecule has 4 rings (SSSR count). The van der Waals surface area contributed by atoms with Crippen LogP contribution in [0.5, 0.6) is 0 Å². The summed E-state index contributed by atoms with van der Waals surface area (Å²) in [6.45, 7) is 6.94. The van der Waals surface area contributed by atoms with Crippen LogP contribution < -0.4 is 10.5 Å². The zero-order valence-corrected chi connectivity index (χ0v) is 15.6. The van der Waals surface area contributed by atoms with Gasteiger partial charge >= 0.3 is 0 Å². The van der Waals surface area contributed by atoms with E-state index < -0.39 is 0 Å². The first-order valence-electron chi connectivity index (χ1n) is 8.61. The third-order valence-electron chi connectivity index (χ3n) is 5.06. The molecule has 0 bridgehead atoms. The summed E-state index contributed by atoms with van der Waals surface area (Å²) in [5.74, 6) is -0.233. The number of hydrogen-bond acceptors (Lipinski definition) is 5. The number of hydrogen-bond donors (Lipinski definition) is 0. The molecule has 0 radical (unpaired) electrons. The first-order chi connectivity index (χ1) is 12.6. The molecule has 0 atom stereocenters. The molecule has 1 aromatic carbocycles. The Hall–Kier alpha value is -2.67. The Morgan fingerprint density at radius 1 is 1.15 bits per heavy atom. The molecule has 26 heavy (non-hydrogen) atoms. The van der Waals surface area contributed by atoms with Crippen LogP contribution in [-0.2, 0) is 0 Å². The zero-order chi connectivity index (χ0) is 18.3. The zero-order valence-electron chi connectivity index (χ0n) is 14.8. The highest BCUT2D eigenvalue weighted by Gasteiger charge is 2.25. The van der Waals surface area contributed by atoms with Crippen molar-refractivity contribution in [3.8, 4) is 0 Å². The highest BCUT2D eigenvalue weighted by atomic mass is 32.1.